The second kappa shape index (κ2) is 33.6. The molecular weight excluding hydrogens is 588 g/mol. The summed E-state index contributed by atoms with van der Waals surface area (Å²) in [6.07, 6.45) is 43.3. The molecular formula is C44H80N2O2. The van der Waals surface area contributed by atoms with Crippen molar-refractivity contribution in [1.29, 1.82) is 0 Å². The Bertz CT molecular complexity index is 833. The van der Waals surface area contributed by atoms with Crippen molar-refractivity contribution in [2.75, 3.05) is 13.1 Å². The van der Waals surface area contributed by atoms with Gasteiger partial charge in [-0.3, -0.25) is 9.59 Å². The first-order valence-corrected chi connectivity index (χ1v) is 21.3. The van der Waals surface area contributed by atoms with E-state index in [1.165, 1.54) is 193 Å². The van der Waals surface area contributed by atoms with Crippen LogP contribution in [0, 0.1) is 0 Å². The normalized spacial score (nSPS) is 11.3. The molecule has 2 amide bonds. The van der Waals surface area contributed by atoms with Gasteiger partial charge in [-0.25, -0.2) is 0 Å². The number of nitrogens with zero attached hydrogens (tertiary/aromatic N) is 1. The third-order valence-corrected chi connectivity index (χ3v) is 10.2. The van der Waals surface area contributed by atoms with Crippen LogP contribution < -0.4 is 5.73 Å². The summed E-state index contributed by atoms with van der Waals surface area (Å²) in [5, 5.41) is 0. The van der Waals surface area contributed by atoms with Gasteiger partial charge in [0.15, 0.2) is 0 Å². The lowest BCUT2D eigenvalue weighted by Crippen LogP contribution is -2.33. The van der Waals surface area contributed by atoms with E-state index < -0.39 is 5.91 Å². The number of nitrogens with two attached hydrogens (primary N) is 1. The molecule has 0 aromatic heterocycles. The second-order valence-electron chi connectivity index (χ2n) is 14.8. The Hall–Kier alpha value is -1.84. The summed E-state index contributed by atoms with van der Waals surface area (Å²) in [5.74, 6) is -0.438. The van der Waals surface area contributed by atoms with E-state index in [0.29, 0.717) is 11.1 Å². The summed E-state index contributed by atoms with van der Waals surface area (Å²) in [4.78, 5) is 27.2. The lowest BCUT2D eigenvalue weighted by atomic mass is 10.0. The number of hydrogen-bond acceptors (Lipinski definition) is 2. The Morgan fingerprint density at radius 1 is 0.438 bits per heavy atom. The van der Waals surface area contributed by atoms with Crippen LogP contribution >= 0.6 is 0 Å². The smallest absolute Gasteiger partial charge is 0.253 e. The number of carbonyl (C=O) groups excluding carboxylic acids is 2. The van der Waals surface area contributed by atoms with Crippen LogP contribution in [-0.4, -0.2) is 29.8 Å². The molecule has 0 saturated carbocycles. The highest BCUT2D eigenvalue weighted by Gasteiger charge is 2.16. The van der Waals surface area contributed by atoms with E-state index in [9.17, 15) is 9.59 Å². The Morgan fingerprint density at radius 3 is 1.00 bits per heavy atom. The van der Waals surface area contributed by atoms with Gasteiger partial charge < -0.3 is 10.6 Å². The number of hydrogen-bond donors (Lipinski definition) is 1. The molecule has 0 radical (unpaired) electrons. The molecule has 1 rings (SSSR count). The summed E-state index contributed by atoms with van der Waals surface area (Å²) in [6, 6.07) is 6.95. The molecule has 1 aromatic rings. The molecule has 2 N–H and O–H groups in total. The molecule has 0 spiro atoms. The first-order chi connectivity index (χ1) is 23.6. The molecule has 278 valence electrons. The molecule has 0 aliphatic carbocycles. The molecule has 0 aliphatic rings. The van der Waals surface area contributed by atoms with E-state index in [1.807, 2.05) is 11.0 Å². The standard InChI is InChI=1S/C44H80N2O2/c1-3-5-7-9-11-13-15-17-19-21-23-25-27-29-31-33-38-46(44(48)42-37-35-36-41(40-42)43(45)47)39-34-32-30-28-26-24-22-20-18-16-14-12-10-8-6-4-2/h35-37,40H,3-34,38-39H2,1-2H3,(H2,45,47). The summed E-state index contributed by atoms with van der Waals surface area (Å²) < 4.78 is 0. The SMILES string of the molecule is CCCCCCCCCCCCCCCCCCN(CCCCCCCCCCCCCCCCCC)C(=O)c1cccc(C(N)=O)c1. The summed E-state index contributed by atoms with van der Waals surface area (Å²) in [5.41, 5.74) is 6.49. The maximum absolute atomic E-state index is 13.5. The average Bonchev–Trinajstić information content (AvgIpc) is 3.10. The minimum atomic E-state index is -0.480. The first kappa shape index (κ1) is 44.2. The molecule has 0 bridgehead atoms. The topological polar surface area (TPSA) is 63.4 Å². The molecule has 0 unspecified atom stereocenters. The highest BCUT2D eigenvalue weighted by atomic mass is 16.2. The lowest BCUT2D eigenvalue weighted by Gasteiger charge is -2.23. The van der Waals surface area contributed by atoms with Crippen LogP contribution in [-0.2, 0) is 0 Å². The van der Waals surface area contributed by atoms with Gasteiger partial charge in [0.1, 0.15) is 0 Å². The summed E-state index contributed by atoms with van der Waals surface area (Å²) in [7, 11) is 0. The van der Waals surface area contributed by atoms with Crippen LogP contribution in [0.4, 0.5) is 0 Å². The van der Waals surface area contributed by atoms with Crippen LogP contribution in [0.15, 0.2) is 24.3 Å². The number of benzene rings is 1. The Balaban J connectivity index is 2.20. The molecule has 0 aliphatic heterocycles. The zero-order valence-corrected chi connectivity index (χ0v) is 32.2. The minimum absolute atomic E-state index is 0.0417. The van der Waals surface area contributed by atoms with E-state index in [0.717, 1.165) is 25.9 Å². The number of unbranched alkanes of at least 4 members (excludes halogenated alkanes) is 30. The first-order valence-electron chi connectivity index (χ1n) is 21.3. The van der Waals surface area contributed by atoms with Crippen LogP contribution in [0.5, 0.6) is 0 Å². The second-order valence-corrected chi connectivity index (χ2v) is 14.8. The van der Waals surface area contributed by atoms with E-state index in [4.69, 9.17) is 5.73 Å². The van der Waals surface area contributed by atoms with Gasteiger partial charge in [-0.2, -0.15) is 0 Å². The van der Waals surface area contributed by atoms with Gasteiger partial charge in [0, 0.05) is 24.2 Å². The van der Waals surface area contributed by atoms with E-state index in [2.05, 4.69) is 13.8 Å². The van der Waals surface area contributed by atoms with E-state index in [-0.39, 0.29) is 5.91 Å². The van der Waals surface area contributed by atoms with Crippen molar-refractivity contribution < 1.29 is 9.59 Å². The Labute approximate surface area is 299 Å². The molecule has 0 atom stereocenters. The molecule has 4 nitrogen and oxygen atoms in total. The minimum Gasteiger partial charge on any atom is -0.366 e. The highest BCUT2D eigenvalue weighted by Crippen LogP contribution is 2.17. The van der Waals surface area contributed by atoms with Crippen molar-refractivity contribution in [3.63, 3.8) is 0 Å². The van der Waals surface area contributed by atoms with Gasteiger partial charge >= 0.3 is 0 Å². The van der Waals surface area contributed by atoms with Crippen molar-refractivity contribution in [3.8, 4) is 0 Å². The van der Waals surface area contributed by atoms with Crippen LogP contribution in [0.2, 0.25) is 0 Å². The number of primary amides is 1. The van der Waals surface area contributed by atoms with E-state index in [1.54, 1.807) is 18.2 Å². The predicted molar refractivity (Wildman–Crippen MR) is 210 cm³/mol. The third-order valence-electron chi connectivity index (χ3n) is 10.2. The molecule has 4 heteroatoms. The quantitative estimate of drug-likeness (QED) is 0.0723. The number of rotatable bonds is 36. The Morgan fingerprint density at radius 2 is 0.708 bits per heavy atom. The van der Waals surface area contributed by atoms with Crippen molar-refractivity contribution >= 4 is 11.8 Å². The van der Waals surface area contributed by atoms with Gasteiger partial charge in [-0.15, -0.1) is 0 Å². The molecule has 0 saturated heterocycles. The largest absolute Gasteiger partial charge is 0.366 e. The molecule has 48 heavy (non-hydrogen) atoms. The van der Waals surface area contributed by atoms with Crippen LogP contribution in [0.25, 0.3) is 0 Å². The van der Waals surface area contributed by atoms with Gasteiger partial charge in [0.2, 0.25) is 5.91 Å². The Kier molecular flexibility index (Phi) is 31.0. The number of carbonyl (C=O) groups is 2. The third kappa shape index (κ3) is 26.1. The fraction of sp³-hybridized carbons (Fsp3) is 0.818. The lowest BCUT2D eigenvalue weighted by molar-refractivity contribution is 0.0749. The van der Waals surface area contributed by atoms with Gasteiger partial charge in [0.25, 0.3) is 5.91 Å². The van der Waals surface area contributed by atoms with Crippen molar-refractivity contribution in [2.45, 2.75) is 219 Å². The fourth-order valence-corrected chi connectivity index (χ4v) is 7.00. The van der Waals surface area contributed by atoms with Crippen molar-refractivity contribution in [2.24, 2.45) is 5.73 Å². The predicted octanol–water partition coefficient (Wildman–Crippen LogP) is 13.8. The molecule has 0 fully saturated rings. The molecule has 0 heterocycles. The average molecular weight is 669 g/mol. The maximum Gasteiger partial charge on any atom is 0.253 e. The van der Waals surface area contributed by atoms with Crippen molar-refractivity contribution in [1.82, 2.24) is 4.90 Å². The zero-order chi connectivity index (χ0) is 34.8. The maximum atomic E-state index is 13.5. The molecule has 1 aromatic carbocycles. The summed E-state index contributed by atoms with van der Waals surface area (Å²) in [6.45, 7) is 6.18. The van der Waals surface area contributed by atoms with E-state index >= 15 is 0 Å². The van der Waals surface area contributed by atoms with Gasteiger partial charge in [0.05, 0.1) is 0 Å². The monoisotopic (exact) mass is 669 g/mol. The van der Waals surface area contributed by atoms with Gasteiger partial charge in [-0.05, 0) is 31.0 Å². The fourth-order valence-electron chi connectivity index (χ4n) is 7.00. The number of amides is 2. The van der Waals surface area contributed by atoms with Crippen molar-refractivity contribution in [3.05, 3.63) is 35.4 Å². The van der Waals surface area contributed by atoms with Crippen LogP contribution in [0.1, 0.15) is 240 Å². The highest BCUT2D eigenvalue weighted by molar-refractivity contribution is 5.99. The zero-order valence-electron chi connectivity index (χ0n) is 32.2. The summed E-state index contributed by atoms with van der Waals surface area (Å²) >= 11 is 0. The van der Waals surface area contributed by atoms with Crippen LogP contribution in [0.3, 0.4) is 0 Å². The van der Waals surface area contributed by atoms with Gasteiger partial charge in [-0.1, -0.05) is 213 Å².